The fourth-order valence-electron chi connectivity index (χ4n) is 3.34. The third-order valence-electron chi connectivity index (χ3n) is 4.52. The monoisotopic (exact) mass is 344 g/mol. The van der Waals surface area contributed by atoms with E-state index in [1.807, 2.05) is 61.5 Å². The van der Waals surface area contributed by atoms with Gasteiger partial charge < -0.3 is 0 Å². The Hall–Kier alpha value is -3.27. The second-order valence-electron chi connectivity index (χ2n) is 6.13. The van der Waals surface area contributed by atoms with Crippen LogP contribution in [0.4, 0.5) is 4.39 Å². The molecule has 3 nitrogen and oxygen atoms in total. The van der Waals surface area contributed by atoms with Gasteiger partial charge in [-0.2, -0.15) is 0 Å². The summed E-state index contributed by atoms with van der Waals surface area (Å²) in [5.74, 6) is -0.423. The summed E-state index contributed by atoms with van der Waals surface area (Å²) in [6.45, 7) is 2.03. The van der Waals surface area contributed by atoms with Crippen molar-refractivity contribution in [3.05, 3.63) is 94.9 Å². The van der Waals surface area contributed by atoms with E-state index in [1.165, 1.54) is 6.07 Å². The van der Waals surface area contributed by atoms with Crippen molar-refractivity contribution in [3.63, 3.8) is 0 Å². The van der Waals surface area contributed by atoms with Crippen LogP contribution in [0.5, 0.6) is 0 Å². The Bertz CT molecular complexity index is 1150. The average molecular weight is 344 g/mol. The predicted molar refractivity (Wildman–Crippen MR) is 102 cm³/mol. The third kappa shape index (κ3) is 2.69. The first-order chi connectivity index (χ1) is 12.7. The molecule has 0 fully saturated rings. The van der Waals surface area contributed by atoms with Crippen LogP contribution < -0.4 is 5.56 Å². The lowest BCUT2D eigenvalue weighted by Crippen LogP contribution is -2.22. The molecule has 4 heteroatoms. The van der Waals surface area contributed by atoms with Gasteiger partial charge in [0.05, 0.1) is 11.6 Å². The molecule has 0 aliphatic rings. The van der Waals surface area contributed by atoms with E-state index in [1.54, 1.807) is 10.8 Å². The molecule has 0 unspecified atom stereocenters. The molecule has 2 aromatic carbocycles. The van der Waals surface area contributed by atoms with Crippen molar-refractivity contribution in [2.45, 2.75) is 13.3 Å². The second kappa shape index (κ2) is 6.56. The van der Waals surface area contributed by atoms with Crippen LogP contribution in [0.15, 0.2) is 77.9 Å². The molecule has 4 aromatic rings. The van der Waals surface area contributed by atoms with E-state index in [4.69, 9.17) is 0 Å². The van der Waals surface area contributed by atoms with E-state index in [9.17, 15) is 9.18 Å². The summed E-state index contributed by atoms with van der Waals surface area (Å²) in [6, 6.07) is 18.6. The molecule has 0 amide bonds. The van der Waals surface area contributed by atoms with Crippen LogP contribution >= 0.6 is 0 Å². The predicted octanol–water partition coefficient (Wildman–Crippen LogP) is 4.75. The third-order valence-corrected chi connectivity index (χ3v) is 4.52. The molecule has 0 aliphatic heterocycles. The Kier molecular flexibility index (Phi) is 4.09. The summed E-state index contributed by atoms with van der Waals surface area (Å²) in [7, 11) is 0. The van der Waals surface area contributed by atoms with Crippen molar-refractivity contribution in [2.24, 2.45) is 0 Å². The minimum Gasteiger partial charge on any atom is -0.281 e. The highest BCUT2D eigenvalue weighted by molar-refractivity contribution is 5.96. The van der Waals surface area contributed by atoms with Crippen LogP contribution in [0.3, 0.4) is 0 Å². The van der Waals surface area contributed by atoms with E-state index >= 15 is 0 Å². The van der Waals surface area contributed by atoms with Crippen molar-refractivity contribution in [1.29, 1.82) is 0 Å². The van der Waals surface area contributed by atoms with Gasteiger partial charge in [0, 0.05) is 23.1 Å². The average Bonchev–Trinajstić information content (AvgIpc) is 2.68. The summed E-state index contributed by atoms with van der Waals surface area (Å²) in [5, 5.41) is 1.42. The standard InChI is InChI=1S/C22H17FN2O/c1-2-18-12-15-7-6-10-20(16-11-17(23)14-24-13-16)21(15)22(26)25(18)19-8-4-3-5-9-19/h3-14H,2H2,1H3. The van der Waals surface area contributed by atoms with Gasteiger partial charge in [-0.3, -0.25) is 14.3 Å². The largest absolute Gasteiger partial charge is 0.281 e. The summed E-state index contributed by atoms with van der Waals surface area (Å²) in [4.78, 5) is 17.4. The zero-order valence-corrected chi connectivity index (χ0v) is 14.3. The molecule has 4 rings (SSSR count). The maximum Gasteiger partial charge on any atom is 0.263 e. The topological polar surface area (TPSA) is 34.9 Å². The highest BCUT2D eigenvalue weighted by atomic mass is 19.1. The first-order valence-corrected chi connectivity index (χ1v) is 8.53. The molecule has 0 saturated heterocycles. The zero-order chi connectivity index (χ0) is 18.1. The van der Waals surface area contributed by atoms with Crippen LogP contribution in [-0.2, 0) is 6.42 Å². The lowest BCUT2D eigenvalue weighted by atomic mass is 9.99. The molecule has 26 heavy (non-hydrogen) atoms. The van der Waals surface area contributed by atoms with E-state index in [0.29, 0.717) is 16.5 Å². The smallest absolute Gasteiger partial charge is 0.263 e. The number of hydrogen-bond donors (Lipinski definition) is 0. The molecule has 0 N–H and O–H groups in total. The van der Waals surface area contributed by atoms with Gasteiger partial charge in [0.25, 0.3) is 5.56 Å². The molecule has 128 valence electrons. The normalized spacial score (nSPS) is 11.0. The number of rotatable bonds is 3. The number of halogens is 1. The number of aryl methyl sites for hydroxylation is 1. The van der Waals surface area contributed by atoms with Crippen molar-refractivity contribution in [2.75, 3.05) is 0 Å². The molecular weight excluding hydrogens is 327 g/mol. The number of benzene rings is 2. The van der Waals surface area contributed by atoms with E-state index in [-0.39, 0.29) is 5.56 Å². The molecule has 2 aromatic heterocycles. The summed E-state index contributed by atoms with van der Waals surface area (Å²) >= 11 is 0. The molecular formula is C22H17FN2O. The van der Waals surface area contributed by atoms with Crippen LogP contribution in [0.1, 0.15) is 12.6 Å². The van der Waals surface area contributed by atoms with Gasteiger partial charge in [-0.1, -0.05) is 43.3 Å². The maximum atomic E-state index is 13.7. The van der Waals surface area contributed by atoms with Crippen LogP contribution in [0, 0.1) is 5.82 Å². The number of fused-ring (bicyclic) bond motifs is 1. The van der Waals surface area contributed by atoms with E-state index < -0.39 is 5.82 Å². The number of para-hydroxylation sites is 1. The van der Waals surface area contributed by atoms with Gasteiger partial charge in [-0.05, 0) is 41.6 Å². The summed E-state index contributed by atoms with van der Waals surface area (Å²) < 4.78 is 15.4. The van der Waals surface area contributed by atoms with Crippen molar-refractivity contribution in [3.8, 4) is 16.8 Å². The number of hydrogen-bond acceptors (Lipinski definition) is 2. The quantitative estimate of drug-likeness (QED) is 0.537. The lowest BCUT2D eigenvalue weighted by molar-refractivity contribution is 0.622. The fraction of sp³-hybridized carbons (Fsp3) is 0.0909. The highest BCUT2D eigenvalue weighted by Crippen LogP contribution is 2.27. The van der Waals surface area contributed by atoms with Crippen LogP contribution in [0.2, 0.25) is 0 Å². The first-order valence-electron chi connectivity index (χ1n) is 8.53. The SMILES string of the molecule is CCc1cc2cccc(-c3cncc(F)c3)c2c(=O)n1-c1ccccc1. The van der Waals surface area contributed by atoms with Gasteiger partial charge in [0.15, 0.2) is 0 Å². The lowest BCUT2D eigenvalue weighted by Gasteiger charge is -2.15. The minimum absolute atomic E-state index is 0.106. The molecule has 0 radical (unpaired) electrons. The number of nitrogens with zero attached hydrogens (tertiary/aromatic N) is 2. The minimum atomic E-state index is -0.423. The van der Waals surface area contributed by atoms with Crippen LogP contribution in [0.25, 0.3) is 27.6 Å². The number of pyridine rings is 2. The second-order valence-corrected chi connectivity index (χ2v) is 6.13. The summed E-state index contributed by atoms with van der Waals surface area (Å²) in [5.41, 5.74) is 2.93. The summed E-state index contributed by atoms with van der Waals surface area (Å²) in [6.07, 6.45) is 3.47. The fourth-order valence-corrected chi connectivity index (χ4v) is 3.34. The van der Waals surface area contributed by atoms with E-state index in [0.717, 1.165) is 29.4 Å². The van der Waals surface area contributed by atoms with Gasteiger partial charge in [0.2, 0.25) is 0 Å². The molecule has 0 saturated carbocycles. The van der Waals surface area contributed by atoms with Crippen molar-refractivity contribution in [1.82, 2.24) is 9.55 Å². The molecule has 0 bridgehead atoms. The van der Waals surface area contributed by atoms with Gasteiger partial charge in [-0.25, -0.2) is 4.39 Å². The maximum absolute atomic E-state index is 13.7. The molecule has 2 heterocycles. The zero-order valence-electron chi connectivity index (χ0n) is 14.3. The molecule has 0 spiro atoms. The first kappa shape index (κ1) is 16.2. The molecule has 0 atom stereocenters. The number of aromatic nitrogens is 2. The van der Waals surface area contributed by atoms with Gasteiger partial charge in [-0.15, -0.1) is 0 Å². The highest BCUT2D eigenvalue weighted by Gasteiger charge is 2.14. The van der Waals surface area contributed by atoms with Crippen molar-refractivity contribution < 1.29 is 4.39 Å². The van der Waals surface area contributed by atoms with Crippen LogP contribution in [-0.4, -0.2) is 9.55 Å². The Morgan fingerprint density at radius 3 is 2.54 bits per heavy atom. The Labute approximate surface area is 150 Å². The van der Waals surface area contributed by atoms with Gasteiger partial charge >= 0.3 is 0 Å². The molecule has 0 aliphatic carbocycles. The van der Waals surface area contributed by atoms with E-state index in [2.05, 4.69) is 4.98 Å². The van der Waals surface area contributed by atoms with Crippen molar-refractivity contribution >= 4 is 10.8 Å². The van der Waals surface area contributed by atoms with Gasteiger partial charge in [0.1, 0.15) is 5.82 Å². The Morgan fingerprint density at radius 1 is 1.00 bits per heavy atom. The Morgan fingerprint density at radius 2 is 1.81 bits per heavy atom. The Balaban J connectivity index is 2.10.